The van der Waals surface area contributed by atoms with E-state index in [1.54, 1.807) is 0 Å². The molecule has 0 aromatic heterocycles. The molecule has 1 aliphatic heterocycles. The number of nitrogens with zero attached hydrogens (tertiary/aromatic N) is 1. The molecular weight excluding hydrogens is 378 g/mol. The monoisotopic (exact) mass is 401 g/mol. The van der Waals surface area contributed by atoms with Crippen LogP contribution in [0.4, 0.5) is 11.4 Å². The Kier molecular flexibility index (Phi) is 5.53. The minimum Gasteiger partial charge on any atom is -0.468 e. The highest BCUT2D eigenvalue weighted by Crippen LogP contribution is 2.49. The smallest absolute Gasteiger partial charge is 0.321 e. The van der Waals surface area contributed by atoms with Crippen LogP contribution in [0, 0.1) is 5.92 Å². The van der Waals surface area contributed by atoms with E-state index < -0.39 is 23.8 Å². The van der Waals surface area contributed by atoms with E-state index in [-0.39, 0.29) is 0 Å². The van der Waals surface area contributed by atoms with Crippen molar-refractivity contribution < 1.29 is 19.1 Å². The number of benzene rings is 3. The van der Waals surface area contributed by atoms with Crippen LogP contribution >= 0.6 is 0 Å². The van der Waals surface area contributed by atoms with Crippen molar-refractivity contribution >= 4 is 23.3 Å². The first-order valence-corrected chi connectivity index (χ1v) is 9.80. The van der Waals surface area contributed by atoms with Crippen molar-refractivity contribution in [2.45, 2.75) is 12.5 Å². The van der Waals surface area contributed by atoms with Crippen LogP contribution in [0.15, 0.2) is 78.9 Å². The normalized spacial score (nSPS) is 12.8. The van der Waals surface area contributed by atoms with Gasteiger partial charge < -0.3 is 14.4 Å². The zero-order chi connectivity index (χ0) is 21.1. The van der Waals surface area contributed by atoms with E-state index in [1.165, 1.54) is 14.2 Å². The fourth-order valence-electron chi connectivity index (χ4n) is 4.21. The molecule has 0 N–H and O–H groups in total. The van der Waals surface area contributed by atoms with Crippen LogP contribution in [0.3, 0.4) is 0 Å². The Morgan fingerprint density at radius 1 is 0.767 bits per heavy atom. The van der Waals surface area contributed by atoms with Gasteiger partial charge in [0.05, 0.1) is 14.2 Å². The summed E-state index contributed by atoms with van der Waals surface area (Å²) in [6.07, 6.45) is 0. The Bertz CT molecular complexity index is 1000. The van der Waals surface area contributed by atoms with Crippen LogP contribution in [0.25, 0.3) is 0 Å². The molecule has 1 aliphatic rings. The van der Waals surface area contributed by atoms with Crippen LogP contribution in [0.5, 0.6) is 0 Å². The summed E-state index contributed by atoms with van der Waals surface area (Å²) in [5.41, 5.74) is 4.88. The zero-order valence-corrected chi connectivity index (χ0v) is 16.9. The van der Waals surface area contributed by atoms with Gasteiger partial charge in [0.15, 0.2) is 5.92 Å². The summed E-state index contributed by atoms with van der Waals surface area (Å²) in [6, 6.07) is 26.0. The largest absolute Gasteiger partial charge is 0.468 e. The van der Waals surface area contributed by atoms with Gasteiger partial charge in [-0.05, 0) is 28.8 Å². The first-order chi connectivity index (χ1) is 14.7. The SMILES string of the molecule is COC(=O)C(C(=O)OC)C1c2ccccc2N(Cc2ccccc2)c2ccccc21. The molecule has 0 atom stereocenters. The highest BCUT2D eigenvalue weighted by Gasteiger charge is 2.43. The third kappa shape index (κ3) is 3.43. The van der Waals surface area contributed by atoms with Crippen molar-refractivity contribution in [3.8, 4) is 0 Å². The van der Waals surface area contributed by atoms with Gasteiger partial charge in [-0.2, -0.15) is 0 Å². The number of hydrogen-bond acceptors (Lipinski definition) is 5. The van der Waals surface area contributed by atoms with E-state index in [1.807, 2.05) is 66.7 Å². The van der Waals surface area contributed by atoms with Crippen LogP contribution in [0.2, 0.25) is 0 Å². The highest BCUT2D eigenvalue weighted by molar-refractivity contribution is 5.98. The minimum absolute atomic E-state index is 0.496. The summed E-state index contributed by atoms with van der Waals surface area (Å²) >= 11 is 0. The quantitative estimate of drug-likeness (QED) is 0.468. The molecule has 5 heteroatoms. The molecule has 3 aromatic carbocycles. The Balaban J connectivity index is 1.90. The van der Waals surface area contributed by atoms with Gasteiger partial charge in [0, 0.05) is 23.8 Å². The summed E-state index contributed by atoms with van der Waals surface area (Å²) in [6.45, 7) is 0.669. The number of hydrogen-bond donors (Lipinski definition) is 0. The molecule has 30 heavy (non-hydrogen) atoms. The molecular formula is C25H23NO4. The third-order valence-electron chi connectivity index (χ3n) is 5.55. The van der Waals surface area contributed by atoms with Gasteiger partial charge in [0.1, 0.15) is 0 Å². The van der Waals surface area contributed by atoms with Crippen molar-refractivity contribution in [3.05, 3.63) is 95.6 Å². The summed E-state index contributed by atoms with van der Waals surface area (Å²) in [4.78, 5) is 27.6. The fraction of sp³-hybridized carbons (Fsp3) is 0.200. The molecule has 0 aliphatic carbocycles. The van der Waals surface area contributed by atoms with Gasteiger partial charge in [-0.1, -0.05) is 66.7 Å². The molecule has 152 valence electrons. The van der Waals surface area contributed by atoms with E-state index in [2.05, 4.69) is 17.0 Å². The van der Waals surface area contributed by atoms with Gasteiger partial charge in [0.25, 0.3) is 0 Å². The first kappa shape index (κ1) is 19.7. The second-order valence-corrected chi connectivity index (χ2v) is 7.19. The fourth-order valence-corrected chi connectivity index (χ4v) is 4.21. The van der Waals surface area contributed by atoms with Crippen LogP contribution < -0.4 is 4.90 Å². The maximum Gasteiger partial charge on any atom is 0.321 e. The molecule has 0 bridgehead atoms. The van der Waals surface area contributed by atoms with Crippen molar-refractivity contribution in [1.29, 1.82) is 0 Å². The third-order valence-corrected chi connectivity index (χ3v) is 5.55. The Labute approximate surface area is 175 Å². The Morgan fingerprint density at radius 2 is 1.23 bits per heavy atom. The maximum atomic E-state index is 12.7. The van der Waals surface area contributed by atoms with E-state index in [0.717, 1.165) is 28.1 Å². The molecule has 0 radical (unpaired) electrons. The van der Waals surface area contributed by atoms with E-state index in [4.69, 9.17) is 9.47 Å². The van der Waals surface area contributed by atoms with Gasteiger partial charge in [-0.25, -0.2) is 0 Å². The number of carbonyl (C=O) groups is 2. The van der Waals surface area contributed by atoms with Gasteiger partial charge in [-0.15, -0.1) is 0 Å². The number of para-hydroxylation sites is 2. The van der Waals surface area contributed by atoms with Crippen molar-refractivity contribution in [1.82, 2.24) is 0 Å². The molecule has 4 rings (SSSR count). The maximum absolute atomic E-state index is 12.7. The van der Waals surface area contributed by atoms with E-state index >= 15 is 0 Å². The molecule has 0 unspecified atom stereocenters. The molecule has 0 amide bonds. The second-order valence-electron chi connectivity index (χ2n) is 7.19. The topological polar surface area (TPSA) is 55.8 Å². The second kappa shape index (κ2) is 8.41. The average Bonchev–Trinajstić information content (AvgIpc) is 2.81. The van der Waals surface area contributed by atoms with E-state index in [9.17, 15) is 9.59 Å². The molecule has 5 nitrogen and oxygen atoms in total. The van der Waals surface area contributed by atoms with Crippen LogP contribution in [-0.4, -0.2) is 26.2 Å². The van der Waals surface area contributed by atoms with Gasteiger partial charge >= 0.3 is 11.9 Å². The molecule has 0 saturated carbocycles. The van der Waals surface area contributed by atoms with Gasteiger partial charge in [0.2, 0.25) is 0 Å². The standard InChI is InChI=1S/C25H23NO4/c1-29-24(27)23(25(28)30-2)22-18-12-6-8-14-20(18)26(16-17-10-4-3-5-11-17)21-15-9-7-13-19(21)22/h3-15,22-23H,16H2,1-2H3. The lowest BCUT2D eigenvalue weighted by Gasteiger charge is -2.39. The summed E-state index contributed by atoms with van der Waals surface area (Å²) < 4.78 is 9.98. The lowest BCUT2D eigenvalue weighted by atomic mass is 9.76. The molecule has 0 spiro atoms. The number of ether oxygens (including phenoxy) is 2. The highest BCUT2D eigenvalue weighted by atomic mass is 16.5. The zero-order valence-electron chi connectivity index (χ0n) is 16.9. The average molecular weight is 401 g/mol. The lowest BCUT2D eigenvalue weighted by molar-refractivity contribution is -0.159. The number of rotatable bonds is 5. The molecule has 0 saturated heterocycles. The number of esters is 2. The van der Waals surface area contributed by atoms with Crippen molar-refractivity contribution in [2.24, 2.45) is 5.92 Å². The predicted octanol–water partition coefficient (Wildman–Crippen LogP) is 4.43. The Hall–Kier alpha value is -3.60. The summed E-state index contributed by atoms with van der Waals surface area (Å²) in [7, 11) is 2.58. The predicted molar refractivity (Wildman–Crippen MR) is 115 cm³/mol. The molecule has 0 fully saturated rings. The van der Waals surface area contributed by atoms with Crippen molar-refractivity contribution in [3.63, 3.8) is 0 Å². The van der Waals surface area contributed by atoms with Crippen LogP contribution in [-0.2, 0) is 25.6 Å². The minimum atomic E-state index is -1.08. The number of methoxy groups -OCH3 is 2. The van der Waals surface area contributed by atoms with Crippen molar-refractivity contribution in [2.75, 3.05) is 19.1 Å². The summed E-state index contributed by atoms with van der Waals surface area (Å²) in [5.74, 6) is -2.79. The number of fused-ring (bicyclic) bond motifs is 2. The number of carbonyl (C=O) groups excluding carboxylic acids is 2. The summed E-state index contributed by atoms with van der Waals surface area (Å²) in [5, 5.41) is 0. The lowest BCUT2D eigenvalue weighted by Crippen LogP contribution is -2.36. The molecule has 3 aromatic rings. The van der Waals surface area contributed by atoms with Gasteiger partial charge in [-0.3, -0.25) is 9.59 Å². The number of anilines is 2. The molecule has 1 heterocycles. The van der Waals surface area contributed by atoms with E-state index in [0.29, 0.717) is 6.54 Å². The van der Waals surface area contributed by atoms with Crippen LogP contribution in [0.1, 0.15) is 22.6 Å². The Morgan fingerprint density at radius 3 is 1.73 bits per heavy atom. The first-order valence-electron chi connectivity index (χ1n) is 9.80.